The van der Waals surface area contributed by atoms with E-state index in [1.165, 1.54) is 6.07 Å². The molecule has 0 bridgehead atoms. The molecule has 64 valence electrons. The van der Waals surface area contributed by atoms with Gasteiger partial charge in [-0.2, -0.15) is 0 Å². The molecule has 1 aliphatic rings. The molecule has 0 spiro atoms. The van der Waals surface area contributed by atoms with E-state index in [1.54, 1.807) is 0 Å². The number of hydrogen-bond acceptors (Lipinski definition) is 2. The molecule has 2 nitrogen and oxygen atoms in total. The van der Waals surface area contributed by atoms with Gasteiger partial charge in [0.05, 0.1) is 6.20 Å². The Balaban J connectivity index is 2.34. The van der Waals surface area contributed by atoms with Crippen molar-refractivity contribution in [2.24, 2.45) is 0 Å². The van der Waals surface area contributed by atoms with Crippen LogP contribution in [0.5, 0.6) is 0 Å². The monoisotopic (exact) mass is 186 g/mol. The molecule has 1 saturated heterocycles. The summed E-state index contributed by atoms with van der Waals surface area (Å²) < 4.78 is 12.7. The maximum Gasteiger partial charge on any atom is 0.141 e. The second kappa shape index (κ2) is 2.99. The molecule has 4 heteroatoms. The Morgan fingerprint density at radius 1 is 1.58 bits per heavy atom. The van der Waals surface area contributed by atoms with E-state index in [-0.39, 0.29) is 5.82 Å². The summed E-state index contributed by atoms with van der Waals surface area (Å²) in [6, 6.07) is 1.46. The third kappa shape index (κ3) is 1.30. The molecule has 2 rings (SSSR count). The molecule has 0 aliphatic carbocycles. The Bertz CT molecular complexity index is 299. The van der Waals surface area contributed by atoms with Crippen molar-refractivity contribution in [2.45, 2.75) is 5.92 Å². The SMILES string of the molecule is Fc1cnc(Cl)c(C2CNC2)c1. The van der Waals surface area contributed by atoms with Crippen molar-refractivity contribution < 1.29 is 4.39 Å². The Kier molecular flexibility index (Phi) is 1.98. The lowest BCUT2D eigenvalue weighted by molar-refractivity contribution is 0.445. The van der Waals surface area contributed by atoms with Gasteiger partial charge >= 0.3 is 0 Å². The molecule has 0 unspecified atom stereocenters. The van der Waals surface area contributed by atoms with E-state index < -0.39 is 0 Å². The lowest BCUT2D eigenvalue weighted by atomic mass is 9.95. The van der Waals surface area contributed by atoms with Crippen LogP contribution in [0.4, 0.5) is 4.39 Å². The Labute approximate surface area is 74.8 Å². The van der Waals surface area contributed by atoms with Gasteiger partial charge in [-0.15, -0.1) is 0 Å². The number of halogens is 2. The molecule has 0 saturated carbocycles. The van der Waals surface area contributed by atoms with Crippen LogP contribution in [0.25, 0.3) is 0 Å². The average molecular weight is 187 g/mol. The minimum atomic E-state index is -0.318. The molecule has 0 amide bonds. The standard InChI is InChI=1S/C8H8ClFN2/c9-8-7(5-2-11-3-5)1-6(10)4-12-8/h1,4-5,11H,2-3H2. The molecule has 0 radical (unpaired) electrons. The van der Waals surface area contributed by atoms with Crippen LogP contribution in [0.1, 0.15) is 11.5 Å². The zero-order valence-corrected chi connectivity index (χ0v) is 7.11. The maximum atomic E-state index is 12.7. The summed E-state index contributed by atoms with van der Waals surface area (Å²) in [5.41, 5.74) is 0.815. The maximum absolute atomic E-state index is 12.7. The van der Waals surface area contributed by atoms with E-state index in [2.05, 4.69) is 10.3 Å². The number of pyridine rings is 1. The van der Waals surface area contributed by atoms with Gasteiger partial charge in [-0.25, -0.2) is 9.37 Å². The van der Waals surface area contributed by atoms with Gasteiger partial charge in [0.1, 0.15) is 11.0 Å². The van der Waals surface area contributed by atoms with Gasteiger partial charge in [-0.3, -0.25) is 0 Å². The Morgan fingerprint density at radius 3 is 2.92 bits per heavy atom. The van der Waals surface area contributed by atoms with Crippen LogP contribution in [0.15, 0.2) is 12.3 Å². The molecule has 12 heavy (non-hydrogen) atoms. The van der Waals surface area contributed by atoms with Gasteiger partial charge in [-0.05, 0) is 11.6 Å². The molecule has 1 aromatic heterocycles. The third-order valence-corrected chi connectivity index (χ3v) is 2.37. The predicted molar refractivity (Wildman–Crippen MR) is 44.8 cm³/mol. The van der Waals surface area contributed by atoms with Gasteiger partial charge in [0, 0.05) is 19.0 Å². The average Bonchev–Trinajstić information content (AvgIpc) is 1.93. The fourth-order valence-electron chi connectivity index (χ4n) is 1.23. The second-order valence-corrected chi connectivity index (χ2v) is 3.25. The molecular formula is C8H8ClFN2. The van der Waals surface area contributed by atoms with Crippen LogP contribution in [0.2, 0.25) is 5.15 Å². The van der Waals surface area contributed by atoms with Crippen LogP contribution in [0, 0.1) is 5.82 Å². The third-order valence-electron chi connectivity index (χ3n) is 2.05. The summed E-state index contributed by atoms with van der Waals surface area (Å²) in [5, 5.41) is 3.52. The minimum absolute atomic E-state index is 0.318. The van der Waals surface area contributed by atoms with E-state index in [0.29, 0.717) is 11.1 Å². The smallest absolute Gasteiger partial charge is 0.141 e. The van der Waals surface area contributed by atoms with E-state index >= 15 is 0 Å². The van der Waals surface area contributed by atoms with Crippen LogP contribution < -0.4 is 5.32 Å². The number of aromatic nitrogens is 1. The predicted octanol–water partition coefficient (Wildman–Crippen LogP) is 1.56. The summed E-state index contributed by atoms with van der Waals surface area (Å²) in [4.78, 5) is 3.74. The van der Waals surface area contributed by atoms with Crippen LogP contribution in [-0.4, -0.2) is 18.1 Å². The zero-order chi connectivity index (χ0) is 8.55. The number of nitrogens with one attached hydrogen (secondary N) is 1. The molecule has 1 N–H and O–H groups in total. The van der Waals surface area contributed by atoms with Crippen LogP contribution in [0.3, 0.4) is 0 Å². The Hall–Kier alpha value is -0.670. The lowest BCUT2D eigenvalue weighted by Crippen LogP contribution is -2.40. The van der Waals surface area contributed by atoms with Crippen molar-refractivity contribution in [1.29, 1.82) is 0 Å². The highest BCUT2D eigenvalue weighted by atomic mass is 35.5. The fraction of sp³-hybridized carbons (Fsp3) is 0.375. The van der Waals surface area contributed by atoms with Crippen LogP contribution in [-0.2, 0) is 0 Å². The molecule has 2 heterocycles. The van der Waals surface area contributed by atoms with E-state index in [9.17, 15) is 4.39 Å². The molecule has 0 aromatic carbocycles. The lowest BCUT2D eigenvalue weighted by Gasteiger charge is -2.27. The van der Waals surface area contributed by atoms with E-state index in [4.69, 9.17) is 11.6 Å². The highest BCUT2D eigenvalue weighted by molar-refractivity contribution is 6.30. The largest absolute Gasteiger partial charge is 0.315 e. The summed E-state index contributed by atoms with van der Waals surface area (Å²) in [6.07, 6.45) is 1.14. The number of nitrogens with zero attached hydrogens (tertiary/aromatic N) is 1. The van der Waals surface area contributed by atoms with Gasteiger partial charge in [-0.1, -0.05) is 11.6 Å². The first-order valence-corrected chi connectivity index (χ1v) is 4.17. The van der Waals surface area contributed by atoms with Gasteiger partial charge in [0.25, 0.3) is 0 Å². The number of hydrogen-bond donors (Lipinski definition) is 1. The quantitative estimate of drug-likeness (QED) is 0.674. The molecule has 1 aliphatic heterocycles. The van der Waals surface area contributed by atoms with Crippen molar-refractivity contribution in [3.05, 3.63) is 28.8 Å². The van der Waals surface area contributed by atoms with E-state index in [1.807, 2.05) is 0 Å². The van der Waals surface area contributed by atoms with Crippen molar-refractivity contribution in [3.63, 3.8) is 0 Å². The minimum Gasteiger partial charge on any atom is -0.315 e. The molecular weight excluding hydrogens is 179 g/mol. The van der Waals surface area contributed by atoms with Gasteiger partial charge in [0.15, 0.2) is 0 Å². The Morgan fingerprint density at radius 2 is 2.33 bits per heavy atom. The topological polar surface area (TPSA) is 24.9 Å². The second-order valence-electron chi connectivity index (χ2n) is 2.89. The summed E-state index contributed by atoms with van der Waals surface area (Å²) in [5.74, 6) is 0.0157. The molecule has 0 atom stereocenters. The summed E-state index contributed by atoms with van der Waals surface area (Å²) >= 11 is 5.80. The first kappa shape index (κ1) is 7.95. The fourth-order valence-corrected chi connectivity index (χ4v) is 1.49. The molecule has 1 fully saturated rings. The number of rotatable bonds is 1. The van der Waals surface area contributed by atoms with E-state index in [0.717, 1.165) is 24.8 Å². The van der Waals surface area contributed by atoms with Crippen molar-refractivity contribution in [1.82, 2.24) is 10.3 Å². The van der Waals surface area contributed by atoms with Gasteiger partial charge < -0.3 is 5.32 Å². The highest BCUT2D eigenvalue weighted by Gasteiger charge is 2.22. The highest BCUT2D eigenvalue weighted by Crippen LogP contribution is 2.25. The summed E-state index contributed by atoms with van der Waals surface area (Å²) in [7, 11) is 0. The zero-order valence-electron chi connectivity index (χ0n) is 6.35. The van der Waals surface area contributed by atoms with Gasteiger partial charge in [0.2, 0.25) is 0 Å². The normalized spacial score (nSPS) is 17.5. The first-order valence-electron chi connectivity index (χ1n) is 3.79. The first-order chi connectivity index (χ1) is 5.77. The van der Waals surface area contributed by atoms with Crippen molar-refractivity contribution >= 4 is 11.6 Å². The summed E-state index contributed by atoms with van der Waals surface area (Å²) in [6.45, 7) is 1.73. The van der Waals surface area contributed by atoms with Crippen molar-refractivity contribution in [2.75, 3.05) is 13.1 Å². The molecule has 1 aromatic rings. The van der Waals surface area contributed by atoms with Crippen molar-refractivity contribution in [3.8, 4) is 0 Å². The van der Waals surface area contributed by atoms with Crippen LogP contribution >= 0.6 is 11.6 Å².